The largest absolute Gasteiger partial charge is 0.450 e. The minimum atomic E-state index is -0.259. The maximum atomic E-state index is 12.3. The van der Waals surface area contributed by atoms with Crippen molar-refractivity contribution in [3.05, 3.63) is 16.1 Å². The van der Waals surface area contributed by atoms with E-state index in [9.17, 15) is 9.59 Å². The highest BCUT2D eigenvalue weighted by atomic mass is 32.1. The van der Waals surface area contributed by atoms with E-state index in [-0.39, 0.29) is 18.0 Å². The highest BCUT2D eigenvalue weighted by Crippen LogP contribution is 2.17. The number of carbonyl (C=O) groups is 2. The highest BCUT2D eigenvalue weighted by molar-refractivity contribution is 7.09. The van der Waals surface area contributed by atoms with Gasteiger partial charge in [0.05, 0.1) is 25.3 Å². The molecule has 1 aromatic rings. The van der Waals surface area contributed by atoms with Crippen LogP contribution in [-0.4, -0.2) is 65.6 Å². The molecule has 0 spiro atoms. The van der Waals surface area contributed by atoms with E-state index in [1.165, 1.54) is 12.8 Å². The lowest BCUT2D eigenvalue weighted by atomic mass is 10.1. The van der Waals surface area contributed by atoms with Crippen molar-refractivity contribution in [2.45, 2.75) is 51.6 Å². The van der Waals surface area contributed by atoms with E-state index >= 15 is 0 Å². The Kier molecular flexibility index (Phi) is 6.85. The molecule has 1 aromatic heterocycles. The molecule has 0 saturated carbocycles. The van der Waals surface area contributed by atoms with Crippen molar-refractivity contribution in [2.75, 3.05) is 32.8 Å². The Morgan fingerprint density at radius 1 is 1.27 bits per heavy atom. The van der Waals surface area contributed by atoms with Gasteiger partial charge in [-0.3, -0.25) is 9.69 Å². The lowest BCUT2D eigenvalue weighted by molar-refractivity contribution is -0.121. The van der Waals surface area contributed by atoms with Gasteiger partial charge in [-0.1, -0.05) is 0 Å². The van der Waals surface area contributed by atoms with Gasteiger partial charge in [0, 0.05) is 24.5 Å². The zero-order valence-electron chi connectivity index (χ0n) is 15.4. The number of thiazole rings is 1. The number of hydrogen-bond donors (Lipinski definition) is 1. The van der Waals surface area contributed by atoms with Gasteiger partial charge < -0.3 is 15.0 Å². The summed E-state index contributed by atoms with van der Waals surface area (Å²) in [6.45, 7) is 6.65. The number of nitrogens with zero attached hydrogens (tertiary/aromatic N) is 3. The Balaban J connectivity index is 1.39. The van der Waals surface area contributed by atoms with Crippen LogP contribution < -0.4 is 5.32 Å². The molecule has 2 fully saturated rings. The van der Waals surface area contributed by atoms with E-state index in [2.05, 4.69) is 15.2 Å². The topological polar surface area (TPSA) is 74.8 Å². The molecule has 2 saturated heterocycles. The molecular formula is C18H28N4O3S. The molecule has 3 rings (SSSR count). The lowest BCUT2D eigenvalue weighted by Crippen LogP contribution is -2.47. The van der Waals surface area contributed by atoms with Gasteiger partial charge in [0.25, 0.3) is 0 Å². The third-order valence-electron chi connectivity index (χ3n) is 4.88. The van der Waals surface area contributed by atoms with E-state index in [4.69, 9.17) is 4.74 Å². The Hall–Kier alpha value is -1.67. The third kappa shape index (κ3) is 5.41. The summed E-state index contributed by atoms with van der Waals surface area (Å²) in [6.07, 6.45) is 4.15. The molecule has 0 aromatic carbocycles. The second-order valence-electron chi connectivity index (χ2n) is 6.92. The zero-order chi connectivity index (χ0) is 18.4. The van der Waals surface area contributed by atoms with Crippen molar-refractivity contribution >= 4 is 23.3 Å². The number of rotatable bonds is 6. The van der Waals surface area contributed by atoms with Gasteiger partial charge in [-0.15, -0.1) is 11.3 Å². The van der Waals surface area contributed by atoms with Gasteiger partial charge >= 0.3 is 6.09 Å². The van der Waals surface area contributed by atoms with Gasteiger partial charge in [-0.2, -0.15) is 0 Å². The number of hydrogen-bond acceptors (Lipinski definition) is 6. The number of carbonyl (C=O) groups excluding carboxylic acids is 2. The molecule has 0 unspecified atom stereocenters. The van der Waals surface area contributed by atoms with Crippen molar-refractivity contribution in [2.24, 2.45) is 0 Å². The van der Waals surface area contributed by atoms with Crippen LogP contribution in [0.3, 0.4) is 0 Å². The average Bonchev–Trinajstić information content (AvgIpc) is 3.28. The summed E-state index contributed by atoms with van der Waals surface area (Å²) in [5.74, 6) is 0.0117. The van der Waals surface area contributed by atoms with Gasteiger partial charge in [0.1, 0.15) is 5.01 Å². The van der Waals surface area contributed by atoms with Crippen molar-refractivity contribution < 1.29 is 14.3 Å². The molecule has 7 nitrogen and oxygen atoms in total. The molecule has 8 heteroatoms. The molecule has 144 valence electrons. The average molecular weight is 381 g/mol. The van der Waals surface area contributed by atoms with Crippen LogP contribution in [0.25, 0.3) is 0 Å². The predicted molar refractivity (Wildman–Crippen MR) is 100 cm³/mol. The summed E-state index contributed by atoms with van der Waals surface area (Å²) < 4.78 is 5.02. The standard InChI is InChI=1S/C18H28N4O3S/c1-2-25-18(24)22-9-5-14(6-10-22)19-16(23)11-15-13-26-17(20-15)12-21-7-3-4-8-21/h13-14H,2-12H2,1H3,(H,19,23). The van der Waals surface area contributed by atoms with Crippen molar-refractivity contribution in [3.63, 3.8) is 0 Å². The fourth-order valence-corrected chi connectivity index (χ4v) is 4.33. The first kappa shape index (κ1) is 19.1. The summed E-state index contributed by atoms with van der Waals surface area (Å²) in [7, 11) is 0. The van der Waals surface area contributed by atoms with Crippen LogP contribution in [0, 0.1) is 0 Å². The second-order valence-corrected chi connectivity index (χ2v) is 7.86. The van der Waals surface area contributed by atoms with Crippen LogP contribution in [0.2, 0.25) is 0 Å². The number of amides is 2. The fourth-order valence-electron chi connectivity index (χ4n) is 3.50. The minimum Gasteiger partial charge on any atom is -0.450 e. The van der Waals surface area contributed by atoms with Crippen molar-refractivity contribution in [3.8, 4) is 0 Å². The SMILES string of the molecule is CCOC(=O)N1CCC(NC(=O)Cc2csc(CN3CCCC3)n2)CC1. The van der Waals surface area contributed by atoms with Crippen LogP contribution in [-0.2, 0) is 22.5 Å². The van der Waals surface area contributed by atoms with Gasteiger partial charge in [0.15, 0.2) is 0 Å². The third-order valence-corrected chi connectivity index (χ3v) is 5.77. The van der Waals surface area contributed by atoms with Crippen LogP contribution in [0.4, 0.5) is 4.79 Å². The van der Waals surface area contributed by atoms with Gasteiger partial charge in [0.2, 0.25) is 5.91 Å². The number of piperidine rings is 1. The lowest BCUT2D eigenvalue weighted by Gasteiger charge is -2.31. The highest BCUT2D eigenvalue weighted by Gasteiger charge is 2.24. The molecule has 0 aliphatic carbocycles. The summed E-state index contributed by atoms with van der Waals surface area (Å²) >= 11 is 1.64. The smallest absolute Gasteiger partial charge is 0.409 e. The summed E-state index contributed by atoms with van der Waals surface area (Å²) in [4.78, 5) is 32.7. The predicted octanol–water partition coefficient (Wildman–Crippen LogP) is 2.02. The van der Waals surface area contributed by atoms with Gasteiger partial charge in [-0.25, -0.2) is 9.78 Å². The zero-order valence-corrected chi connectivity index (χ0v) is 16.2. The van der Waals surface area contributed by atoms with Crippen LogP contribution in [0.5, 0.6) is 0 Å². The number of nitrogens with one attached hydrogen (secondary N) is 1. The summed E-state index contributed by atoms with van der Waals surface area (Å²) in [5, 5.41) is 6.17. The molecule has 0 radical (unpaired) electrons. The van der Waals surface area contributed by atoms with E-state index < -0.39 is 0 Å². The summed E-state index contributed by atoms with van der Waals surface area (Å²) in [5.41, 5.74) is 0.852. The second kappa shape index (κ2) is 9.32. The maximum Gasteiger partial charge on any atom is 0.409 e. The van der Waals surface area contributed by atoms with E-state index in [0.29, 0.717) is 26.1 Å². The normalized spacial score (nSPS) is 18.9. The van der Waals surface area contributed by atoms with Crippen LogP contribution >= 0.6 is 11.3 Å². The number of aromatic nitrogens is 1. The first-order chi connectivity index (χ1) is 12.6. The fraction of sp³-hybridized carbons (Fsp3) is 0.722. The van der Waals surface area contributed by atoms with Crippen LogP contribution in [0.15, 0.2) is 5.38 Å². The molecule has 2 amide bonds. The maximum absolute atomic E-state index is 12.3. The quantitative estimate of drug-likeness (QED) is 0.817. The Morgan fingerprint density at radius 3 is 2.69 bits per heavy atom. The Morgan fingerprint density at radius 2 is 2.00 bits per heavy atom. The first-order valence-corrected chi connectivity index (χ1v) is 10.4. The molecule has 1 N–H and O–H groups in total. The first-order valence-electron chi connectivity index (χ1n) is 9.50. The molecule has 0 bridgehead atoms. The molecule has 0 atom stereocenters. The van der Waals surface area contributed by atoms with Gasteiger partial charge in [-0.05, 0) is 45.7 Å². The molecular weight excluding hydrogens is 352 g/mol. The number of likely N-dealkylation sites (tertiary alicyclic amines) is 2. The molecule has 3 heterocycles. The number of ether oxygens (including phenoxy) is 1. The van der Waals surface area contributed by atoms with Crippen LogP contribution in [0.1, 0.15) is 43.3 Å². The Labute approximate surface area is 158 Å². The van der Waals surface area contributed by atoms with E-state index in [1.54, 1.807) is 23.2 Å². The Bertz CT molecular complexity index is 607. The van der Waals surface area contributed by atoms with E-state index in [0.717, 1.165) is 43.2 Å². The van der Waals surface area contributed by atoms with E-state index in [1.807, 2.05) is 5.38 Å². The molecule has 2 aliphatic heterocycles. The van der Waals surface area contributed by atoms with Crippen molar-refractivity contribution in [1.82, 2.24) is 20.1 Å². The summed E-state index contributed by atoms with van der Waals surface area (Å²) in [6, 6.07) is 0.121. The molecule has 2 aliphatic rings. The monoisotopic (exact) mass is 380 g/mol. The molecule has 26 heavy (non-hydrogen) atoms. The van der Waals surface area contributed by atoms with Crippen molar-refractivity contribution in [1.29, 1.82) is 0 Å². The minimum absolute atomic E-state index is 0.0117.